The standard InChI is InChI=1S/C20H19NO3/c1-11-16(19(22)23)13-10-12(7-8-15(13)24-11)17-18(20(17,2)3)14-6-4-5-9-21-14/h4-10,17-18H,1-3H3,(H,22,23)/t17-,18-/m0/s1. The van der Waals surface area contributed by atoms with Gasteiger partial charge in [-0.3, -0.25) is 4.98 Å². The number of carbonyl (C=O) groups is 1. The molecule has 3 aromatic rings. The van der Waals surface area contributed by atoms with Crippen LogP contribution in [0.1, 0.15) is 53.1 Å². The lowest BCUT2D eigenvalue weighted by Crippen LogP contribution is -1.97. The molecule has 1 N–H and O–H groups in total. The highest BCUT2D eigenvalue weighted by Gasteiger charge is 2.59. The number of fused-ring (bicyclic) bond motifs is 1. The van der Waals surface area contributed by atoms with Gasteiger partial charge in [0.1, 0.15) is 16.9 Å². The van der Waals surface area contributed by atoms with E-state index >= 15 is 0 Å². The van der Waals surface area contributed by atoms with E-state index in [1.807, 2.05) is 36.5 Å². The van der Waals surface area contributed by atoms with Gasteiger partial charge in [0.25, 0.3) is 0 Å². The summed E-state index contributed by atoms with van der Waals surface area (Å²) < 4.78 is 5.59. The molecule has 4 heteroatoms. The predicted molar refractivity (Wildman–Crippen MR) is 91.4 cm³/mol. The molecule has 2 atom stereocenters. The van der Waals surface area contributed by atoms with Gasteiger partial charge in [0, 0.05) is 23.2 Å². The Morgan fingerprint density at radius 3 is 2.67 bits per heavy atom. The smallest absolute Gasteiger partial charge is 0.339 e. The first-order chi connectivity index (χ1) is 11.4. The van der Waals surface area contributed by atoms with Gasteiger partial charge in [-0.15, -0.1) is 0 Å². The first-order valence-electron chi connectivity index (χ1n) is 8.08. The summed E-state index contributed by atoms with van der Waals surface area (Å²) >= 11 is 0. The Bertz CT molecular complexity index is 940. The molecule has 1 aromatic carbocycles. The molecule has 0 bridgehead atoms. The second kappa shape index (κ2) is 4.94. The topological polar surface area (TPSA) is 63.3 Å². The van der Waals surface area contributed by atoms with Gasteiger partial charge in [-0.25, -0.2) is 4.79 Å². The minimum absolute atomic E-state index is 0.101. The van der Waals surface area contributed by atoms with Crippen LogP contribution in [0, 0.1) is 12.3 Å². The molecule has 1 aliphatic carbocycles. The van der Waals surface area contributed by atoms with Gasteiger partial charge in [-0.1, -0.05) is 26.0 Å². The molecule has 0 amide bonds. The molecule has 0 radical (unpaired) electrons. The molecule has 2 heterocycles. The number of aryl methyl sites for hydroxylation is 1. The zero-order chi connectivity index (χ0) is 17.1. The summed E-state index contributed by atoms with van der Waals surface area (Å²) in [6.07, 6.45) is 1.83. The van der Waals surface area contributed by atoms with E-state index in [4.69, 9.17) is 4.42 Å². The van der Waals surface area contributed by atoms with Crippen LogP contribution in [-0.4, -0.2) is 16.1 Å². The fourth-order valence-corrected chi connectivity index (χ4v) is 4.07. The highest BCUT2D eigenvalue weighted by atomic mass is 16.4. The molecule has 4 rings (SSSR count). The van der Waals surface area contributed by atoms with Crippen molar-refractivity contribution in [3.63, 3.8) is 0 Å². The number of hydrogen-bond acceptors (Lipinski definition) is 3. The van der Waals surface area contributed by atoms with Crippen LogP contribution in [-0.2, 0) is 0 Å². The fourth-order valence-electron chi connectivity index (χ4n) is 4.07. The Morgan fingerprint density at radius 2 is 2.00 bits per heavy atom. The van der Waals surface area contributed by atoms with E-state index < -0.39 is 5.97 Å². The van der Waals surface area contributed by atoms with Gasteiger partial charge < -0.3 is 9.52 Å². The number of rotatable bonds is 3. The zero-order valence-electron chi connectivity index (χ0n) is 13.9. The average molecular weight is 321 g/mol. The minimum atomic E-state index is -0.945. The molecule has 122 valence electrons. The monoisotopic (exact) mass is 321 g/mol. The second-order valence-electron chi connectivity index (χ2n) is 7.13. The first kappa shape index (κ1) is 14.9. The van der Waals surface area contributed by atoms with Crippen molar-refractivity contribution in [2.45, 2.75) is 32.6 Å². The number of pyridine rings is 1. The Kier molecular flexibility index (Phi) is 3.07. The molecule has 1 aliphatic rings. The van der Waals surface area contributed by atoms with Crippen molar-refractivity contribution < 1.29 is 14.3 Å². The van der Waals surface area contributed by atoms with E-state index in [9.17, 15) is 9.90 Å². The van der Waals surface area contributed by atoms with Gasteiger partial charge in [-0.05, 0) is 48.1 Å². The molecule has 2 aromatic heterocycles. The van der Waals surface area contributed by atoms with E-state index in [1.165, 1.54) is 0 Å². The Balaban J connectivity index is 1.80. The third-order valence-corrected chi connectivity index (χ3v) is 5.29. The molecule has 0 aliphatic heterocycles. The molecule has 1 saturated carbocycles. The van der Waals surface area contributed by atoms with Gasteiger partial charge >= 0.3 is 5.97 Å². The zero-order valence-corrected chi connectivity index (χ0v) is 13.9. The largest absolute Gasteiger partial charge is 0.478 e. The van der Waals surface area contributed by atoms with E-state index in [0.717, 1.165) is 11.3 Å². The lowest BCUT2D eigenvalue weighted by Gasteiger charge is -2.03. The van der Waals surface area contributed by atoms with Crippen molar-refractivity contribution in [2.75, 3.05) is 0 Å². The molecule has 0 unspecified atom stereocenters. The molecular formula is C20H19NO3. The van der Waals surface area contributed by atoms with Crippen molar-refractivity contribution >= 4 is 16.9 Å². The summed E-state index contributed by atoms with van der Waals surface area (Å²) in [5.41, 5.74) is 3.23. The molecule has 4 nitrogen and oxygen atoms in total. The average Bonchev–Trinajstić information content (AvgIpc) is 2.95. The summed E-state index contributed by atoms with van der Waals surface area (Å²) in [6, 6.07) is 11.9. The quantitative estimate of drug-likeness (QED) is 0.756. The maximum atomic E-state index is 11.5. The van der Waals surface area contributed by atoms with Crippen LogP contribution in [0.2, 0.25) is 0 Å². The molecule has 1 fully saturated rings. The highest BCUT2D eigenvalue weighted by molar-refractivity contribution is 6.03. The lowest BCUT2D eigenvalue weighted by atomic mass is 10.0. The van der Waals surface area contributed by atoms with E-state index in [-0.39, 0.29) is 11.0 Å². The number of nitrogens with zero attached hydrogens (tertiary/aromatic N) is 1. The summed E-state index contributed by atoms with van der Waals surface area (Å²) in [5.74, 6) is 0.178. The van der Waals surface area contributed by atoms with Crippen molar-refractivity contribution in [3.05, 3.63) is 65.2 Å². The van der Waals surface area contributed by atoms with Crippen molar-refractivity contribution in [1.29, 1.82) is 0 Å². The van der Waals surface area contributed by atoms with Gasteiger partial charge in [0.15, 0.2) is 0 Å². The maximum Gasteiger partial charge on any atom is 0.339 e. The number of aromatic carboxylic acids is 1. The minimum Gasteiger partial charge on any atom is -0.478 e. The number of aromatic nitrogens is 1. The van der Waals surface area contributed by atoms with Crippen molar-refractivity contribution in [3.8, 4) is 0 Å². The SMILES string of the molecule is Cc1oc2ccc([C@H]3[C@H](c4ccccn4)C3(C)C)cc2c1C(=O)O. The van der Waals surface area contributed by atoms with Gasteiger partial charge in [0.05, 0.1) is 0 Å². The molecule has 0 saturated heterocycles. The van der Waals surface area contributed by atoms with Crippen LogP contribution in [0.25, 0.3) is 11.0 Å². The number of benzene rings is 1. The molecular weight excluding hydrogens is 302 g/mol. The third-order valence-electron chi connectivity index (χ3n) is 5.29. The Labute approximate surface area is 140 Å². The third kappa shape index (κ3) is 2.06. The van der Waals surface area contributed by atoms with Crippen LogP contribution >= 0.6 is 0 Å². The van der Waals surface area contributed by atoms with Crippen LogP contribution in [0.3, 0.4) is 0 Å². The summed E-state index contributed by atoms with van der Waals surface area (Å²) in [6.45, 7) is 6.17. The second-order valence-corrected chi connectivity index (χ2v) is 7.13. The first-order valence-corrected chi connectivity index (χ1v) is 8.08. The summed E-state index contributed by atoms with van der Waals surface area (Å²) in [5, 5.41) is 10.1. The fraction of sp³-hybridized carbons (Fsp3) is 0.300. The van der Waals surface area contributed by atoms with Crippen LogP contribution in [0.5, 0.6) is 0 Å². The predicted octanol–water partition coefficient (Wildman–Crippen LogP) is 4.74. The summed E-state index contributed by atoms with van der Waals surface area (Å²) in [4.78, 5) is 16.0. The van der Waals surface area contributed by atoms with Crippen LogP contribution in [0.15, 0.2) is 47.0 Å². The van der Waals surface area contributed by atoms with E-state index in [2.05, 4.69) is 24.9 Å². The molecule has 0 spiro atoms. The number of carboxylic acid groups (broad SMARTS) is 1. The van der Waals surface area contributed by atoms with E-state index in [1.54, 1.807) is 6.92 Å². The summed E-state index contributed by atoms with van der Waals surface area (Å²) in [7, 11) is 0. The van der Waals surface area contributed by atoms with Crippen molar-refractivity contribution in [2.24, 2.45) is 5.41 Å². The normalized spacial score (nSPS) is 21.8. The molecule has 24 heavy (non-hydrogen) atoms. The maximum absolute atomic E-state index is 11.5. The number of furan rings is 1. The van der Waals surface area contributed by atoms with Crippen LogP contribution < -0.4 is 0 Å². The lowest BCUT2D eigenvalue weighted by molar-refractivity contribution is 0.0697. The van der Waals surface area contributed by atoms with Crippen LogP contribution in [0.4, 0.5) is 0 Å². The Hall–Kier alpha value is -2.62. The van der Waals surface area contributed by atoms with Gasteiger partial charge in [0.2, 0.25) is 0 Å². The van der Waals surface area contributed by atoms with E-state index in [0.29, 0.717) is 28.6 Å². The number of carboxylic acids is 1. The Morgan fingerprint density at radius 1 is 1.21 bits per heavy atom. The highest BCUT2D eigenvalue weighted by Crippen LogP contribution is 2.69. The number of hydrogen-bond donors (Lipinski definition) is 1. The van der Waals surface area contributed by atoms with Crippen molar-refractivity contribution in [1.82, 2.24) is 4.98 Å². The van der Waals surface area contributed by atoms with Gasteiger partial charge in [-0.2, -0.15) is 0 Å².